The van der Waals surface area contributed by atoms with E-state index in [-0.39, 0.29) is 0 Å². The zero-order chi connectivity index (χ0) is 18.4. The Hall–Kier alpha value is -1.32. The molecule has 4 nitrogen and oxygen atoms in total. The van der Waals surface area contributed by atoms with Gasteiger partial charge in [-0.25, -0.2) is 0 Å². The summed E-state index contributed by atoms with van der Waals surface area (Å²) < 4.78 is 0. The van der Waals surface area contributed by atoms with E-state index in [0.717, 1.165) is 11.4 Å². The van der Waals surface area contributed by atoms with Crippen LogP contribution in [0.5, 0.6) is 0 Å². The Morgan fingerprint density at radius 1 is 0.667 bits per heavy atom. The van der Waals surface area contributed by atoms with Crippen LogP contribution in [0.25, 0.3) is 0 Å². The summed E-state index contributed by atoms with van der Waals surface area (Å²) in [6.45, 7) is 19.3. The standard InChI is InChI=1S/2C5H10N2.C3H8.2C2H6/c2*1-4(6)5(2)7-3;1-3-2;2*1-2/h2*6H,1-3H3;3H2,1-2H3;2*1-2H3. The molecule has 0 fully saturated rings. The third kappa shape index (κ3) is 45.6. The maximum atomic E-state index is 6.97. The summed E-state index contributed by atoms with van der Waals surface area (Å²) in [5.41, 5.74) is 2.70. The van der Waals surface area contributed by atoms with Crippen molar-refractivity contribution in [3.8, 4) is 0 Å². The van der Waals surface area contributed by atoms with Crippen molar-refractivity contribution < 1.29 is 0 Å². The zero-order valence-corrected chi connectivity index (χ0v) is 16.6. The van der Waals surface area contributed by atoms with Crippen LogP contribution in [0.15, 0.2) is 9.98 Å². The summed E-state index contributed by atoms with van der Waals surface area (Å²) in [6, 6.07) is 0. The molecule has 0 spiro atoms. The summed E-state index contributed by atoms with van der Waals surface area (Å²) in [4.78, 5) is 7.56. The molecule has 0 saturated carbocycles. The minimum absolute atomic E-state index is 0.544. The molecule has 0 aromatic heterocycles. The molecule has 0 radical (unpaired) electrons. The summed E-state index contributed by atoms with van der Waals surface area (Å²) in [5.74, 6) is 0. The Bertz CT molecular complexity index is 249. The van der Waals surface area contributed by atoms with E-state index < -0.39 is 0 Å². The molecule has 0 aliphatic carbocycles. The highest BCUT2D eigenvalue weighted by molar-refractivity contribution is 6.39. The molecule has 0 rings (SSSR count). The van der Waals surface area contributed by atoms with Crippen LogP contribution in [-0.4, -0.2) is 36.9 Å². The van der Waals surface area contributed by atoms with Crippen LogP contribution in [0.4, 0.5) is 0 Å². The predicted molar refractivity (Wildman–Crippen MR) is 104 cm³/mol. The van der Waals surface area contributed by atoms with Gasteiger partial charge in [-0.2, -0.15) is 0 Å². The lowest BCUT2D eigenvalue weighted by molar-refractivity contribution is 1.09. The number of hydrogen-bond donors (Lipinski definition) is 2. The summed E-state index contributed by atoms with van der Waals surface area (Å²) >= 11 is 0. The van der Waals surface area contributed by atoms with E-state index in [9.17, 15) is 0 Å². The quantitative estimate of drug-likeness (QED) is 0.614. The number of nitrogens with one attached hydrogen (secondary N) is 2. The summed E-state index contributed by atoms with van der Waals surface area (Å²) in [5, 5.41) is 13.9. The average molecular weight is 301 g/mol. The Labute approximate surface area is 134 Å². The number of nitrogens with zero attached hydrogens (tertiary/aromatic N) is 2. The second-order valence-electron chi connectivity index (χ2n) is 3.58. The fourth-order valence-electron chi connectivity index (χ4n) is 0.335. The first-order valence-electron chi connectivity index (χ1n) is 7.76. The zero-order valence-electron chi connectivity index (χ0n) is 16.6. The largest absolute Gasteiger partial charge is 0.304 e. The van der Waals surface area contributed by atoms with Crippen molar-refractivity contribution in [2.75, 3.05) is 14.1 Å². The molecule has 0 aromatic carbocycles. The van der Waals surface area contributed by atoms with Gasteiger partial charge in [0.15, 0.2) is 0 Å². The molecule has 0 amide bonds. The highest BCUT2D eigenvalue weighted by atomic mass is 14.7. The Morgan fingerprint density at radius 2 is 0.810 bits per heavy atom. The maximum Gasteiger partial charge on any atom is 0.0518 e. The van der Waals surface area contributed by atoms with Crippen LogP contribution in [0.3, 0.4) is 0 Å². The van der Waals surface area contributed by atoms with E-state index in [1.165, 1.54) is 6.42 Å². The van der Waals surface area contributed by atoms with Crippen LogP contribution in [-0.2, 0) is 0 Å². The lowest BCUT2D eigenvalue weighted by Crippen LogP contribution is -2.01. The van der Waals surface area contributed by atoms with Gasteiger partial charge in [-0.3, -0.25) is 9.98 Å². The normalized spacial score (nSPS) is 9.14. The molecule has 0 atom stereocenters. The van der Waals surface area contributed by atoms with Crippen molar-refractivity contribution >= 4 is 22.8 Å². The predicted octanol–water partition coefficient (Wildman–Crippen LogP) is 5.70. The highest BCUT2D eigenvalue weighted by Gasteiger charge is 1.86. The van der Waals surface area contributed by atoms with Crippen molar-refractivity contribution in [2.24, 2.45) is 9.98 Å². The topological polar surface area (TPSA) is 72.4 Å². The van der Waals surface area contributed by atoms with Crippen LogP contribution in [0.1, 0.15) is 75.7 Å². The second kappa shape index (κ2) is 31.2. The molecule has 0 unspecified atom stereocenters. The van der Waals surface area contributed by atoms with Gasteiger partial charge in [0.25, 0.3) is 0 Å². The molecular formula is C17H40N4. The van der Waals surface area contributed by atoms with Gasteiger partial charge in [0.1, 0.15) is 0 Å². The maximum absolute atomic E-state index is 6.97. The monoisotopic (exact) mass is 300 g/mol. The van der Waals surface area contributed by atoms with Crippen molar-refractivity contribution in [3.63, 3.8) is 0 Å². The molecule has 21 heavy (non-hydrogen) atoms. The number of aliphatic imine (C=N–C) groups is 2. The molecule has 4 heteroatoms. The third-order valence-corrected chi connectivity index (χ3v) is 1.76. The van der Waals surface area contributed by atoms with Gasteiger partial charge in [0.2, 0.25) is 0 Å². The molecule has 0 aliphatic heterocycles. The lowest BCUT2D eigenvalue weighted by atomic mass is 10.3. The van der Waals surface area contributed by atoms with Gasteiger partial charge in [-0.1, -0.05) is 48.0 Å². The molecule has 2 N–H and O–H groups in total. The first kappa shape index (κ1) is 31.9. The van der Waals surface area contributed by atoms with Crippen LogP contribution < -0.4 is 0 Å². The Balaban J connectivity index is -0.0000000573. The minimum Gasteiger partial charge on any atom is -0.304 e. The minimum atomic E-state index is 0.544. The summed E-state index contributed by atoms with van der Waals surface area (Å²) in [6.07, 6.45) is 1.25. The SMILES string of the molecule is CC.CC.CCC.CN=C(C)C(C)=N.CN=C(C)C(C)=N. The van der Waals surface area contributed by atoms with E-state index in [2.05, 4.69) is 23.8 Å². The van der Waals surface area contributed by atoms with E-state index >= 15 is 0 Å². The van der Waals surface area contributed by atoms with Gasteiger partial charge in [-0.15, -0.1) is 0 Å². The smallest absolute Gasteiger partial charge is 0.0518 e. The van der Waals surface area contributed by atoms with E-state index in [0.29, 0.717) is 11.4 Å². The van der Waals surface area contributed by atoms with Crippen LogP contribution in [0.2, 0.25) is 0 Å². The van der Waals surface area contributed by atoms with Crippen LogP contribution >= 0.6 is 0 Å². The molecule has 0 saturated heterocycles. The summed E-state index contributed by atoms with van der Waals surface area (Å²) in [7, 11) is 3.38. The third-order valence-electron chi connectivity index (χ3n) is 1.76. The van der Waals surface area contributed by atoms with Gasteiger partial charge < -0.3 is 10.8 Å². The fraction of sp³-hybridized carbons (Fsp3) is 0.765. The number of rotatable bonds is 2. The van der Waals surface area contributed by atoms with E-state index in [1.807, 2.05) is 41.5 Å². The molecule has 0 aliphatic rings. The van der Waals surface area contributed by atoms with Crippen molar-refractivity contribution in [3.05, 3.63) is 0 Å². The highest BCUT2D eigenvalue weighted by Crippen LogP contribution is 1.75. The second-order valence-corrected chi connectivity index (χ2v) is 3.58. The van der Waals surface area contributed by atoms with Gasteiger partial charge in [0.05, 0.1) is 11.4 Å². The van der Waals surface area contributed by atoms with Crippen molar-refractivity contribution in [1.82, 2.24) is 0 Å². The molecule has 0 aromatic rings. The fourth-order valence-corrected chi connectivity index (χ4v) is 0.335. The lowest BCUT2D eigenvalue weighted by Gasteiger charge is -1.88. The van der Waals surface area contributed by atoms with Crippen molar-refractivity contribution in [2.45, 2.75) is 75.7 Å². The molecule has 0 bridgehead atoms. The average Bonchev–Trinajstić information content (AvgIpc) is 2.50. The first-order valence-corrected chi connectivity index (χ1v) is 7.76. The number of hydrogen-bond acceptors (Lipinski definition) is 4. The first-order chi connectivity index (χ1) is 9.78. The van der Waals surface area contributed by atoms with E-state index in [1.54, 1.807) is 27.9 Å². The van der Waals surface area contributed by atoms with Crippen LogP contribution in [0, 0.1) is 10.8 Å². The van der Waals surface area contributed by atoms with Gasteiger partial charge in [-0.05, 0) is 27.7 Å². The Morgan fingerprint density at radius 3 is 0.810 bits per heavy atom. The van der Waals surface area contributed by atoms with E-state index in [4.69, 9.17) is 10.8 Å². The Kier molecular flexibility index (Phi) is 47.3. The van der Waals surface area contributed by atoms with Gasteiger partial charge >= 0.3 is 0 Å². The molecule has 0 heterocycles. The van der Waals surface area contributed by atoms with Gasteiger partial charge in [0, 0.05) is 25.5 Å². The molecular weight excluding hydrogens is 260 g/mol. The van der Waals surface area contributed by atoms with Crippen molar-refractivity contribution in [1.29, 1.82) is 10.8 Å². The molecule has 128 valence electrons.